The highest BCUT2D eigenvalue weighted by Crippen LogP contribution is 2.30. The van der Waals surface area contributed by atoms with E-state index in [1.165, 1.54) is 0 Å². The van der Waals surface area contributed by atoms with E-state index in [4.69, 9.17) is 9.47 Å². The summed E-state index contributed by atoms with van der Waals surface area (Å²) in [6.45, 7) is 6.41. The number of morpholine rings is 1. The molecule has 2 saturated heterocycles. The van der Waals surface area contributed by atoms with Gasteiger partial charge in [-0.1, -0.05) is 0 Å². The molecule has 2 aromatic rings. The first kappa shape index (κ1) is 16.2. The third kappa shape index (κ3) is 3.72. The third-order valence-corrected chi connectivity index (χ3v) is 4.77. The van der Waals surface area contributed by atoms with Crippen LogP contribution in [-0.4, -0.2) is 53.3 Å². The topological polar surface area (TPSA) is 72.4 Å². The number of aryl methyl sites for hydroxylation is 1. The van der Waals surface area contributed by atoms with Crippen LogP contribution in [0.15, 0.2) is 30.6 Å². The van der Waals surface area contributed by atoms with E-state index in [9.17, 15) is 0 Å². The number of hydrogen-bond donors (Lipinski definition) is 1. The molecule has 0 aliphatic carbocycles. The predicted molar refractivity (Wildman–Crippen MR) is 94.1 cm³/mol. The molecular weight excluding hydrogens is 318 g/mol. The number of piperidine rings is 1. The van der Waals surface area contributed by atoms with Crippen LogP contribution >= 0.6 is 0 Å². The summed E-state index contributed by atoms with van der Waals surface area (Å²) in [5.41, 5.74) is 0.868. The van der Waals surface area contributed by atoms with Crippen LogP contribution in [-0.2, 0) is 4.74 Å². The van der Waals surface area contributed by atoms with Crippen LogP contribution in [0.1, 0.15) is 18.5 Å². The van der Waals surface area contributed by atoms with Crippen molar-refractivity contribution in [1.29, 1.82) is 0 Å². The van der Waals surface area contributed by atoms with Gasteiger partial charge in [0.05, 0.1) is 18.4 Å². The molecule has 2 aromatic heterocycles. The number of aromatic nitrogens is 3. The van der Waals surface area contributed by atoms with E-state index >= 15 is 0 Å². The average molecular weight is 341 g/mol. The quantitative estimate of drug-likeness (QED) is 0.914. The Labute approximate surface area is 147 Å². The summed E-state index contributed by atoms with van der Waals surface area (Å²) in [6.07, 6.45) is 5.36. The summed E-state index contributed by atoms with van der Waals surface area (Å²) in [5.74, 6) is 1.94. The van der Waals surface area contributed by atoms with E-state index in [1.54, 1.807) is 12.4 Å². The van der Waals surface area contributed by atoms with Crippen LogP contribution in [0.2, 0.25) is 0 Å². The van der Waals surface area contributed by atoms with Gasteiger partial charge >= 0.3 is 0 Å². The van der Waals surface area contributed by atoms with Crippen molar-refractivity contribution in [2.45, 2.75) is 25.4 Å². The van der Waals surface area contributed by atoms with Gasteiger partial charge in [0.2, 0.25) is 11.8 Å². The fourth-order valence-corrected chi connectivity index (χ4v) is 3.39. The molecule has 4 heterocycles. The lowest BCUT2D eigenvalue weighted by Gasteiger charge is -2.44. The molecular formula is C18H23N5O2. The molecule has 7 heteroatoms. The van der Waals surface area contributed by atoms with Gasteiger partial charge in [-0.05, 0) is 31.9 Å². The zero-order valence-electron chi connectivity index (χ0n) is 14.4. The molecule has 0 amide bonds. The van der Waals surface area contributed by atoms with Gasteiger partial charge in [0.25, 0.3) is 0 Å². The van der Waals surface area contributed by atoms with Gasteiger partial charge < -0.3 is 19.7 Å². The maximum absolute atomic E-state index is 6.06. The van der Waals surface area contributed by atoms with Crippen molar-refractivity contribution < 1.29 is 9.47 Å². The number of nitrogens with zero attached hydrogens (tertiary/aromatic N) is 4. The zero-order chi connectivity index (χ0) is 17.1. The van der Waals surface area contributed by atoms with E-state index in [0.717, 1.165) is 57.3 Å². The van der Waals surface area contributed by atoms with E-state index in [1.807, 2.05) is 25.1 Å². The molecule has 2 aliphatic rings. The lowest BCUT2D eigenvalue weighted by atomic mass is 9.90. The highest BCUT2D eigenvalue weighted by atomic mass is 16.5. The lowest BCUT2D eigenvalue weighted by molar-refractivity contribution is -0.0801. The normalized spacial score (nSPS) is 19.8. The number of anilines is 1. The number of nitrogens with one attached hydrogen (secondary N) is 1. The van der Waals surface area contributed by atoms with Crippen molar-refractivity contribution in [2.75, 3.05) is 37.7 Å². The van der Waals surface area contributed by atoms with Gasteiger partial charge in [0.15, 0.2) is 0 Å². The molecule has 0 atom stereocenters. The molecule has 4 rings (SSSR count). The van der Waals surface area contributed by atoms with Crippen LogP contribution < -0.4 is 15.0 Å². The van der Waals surface area contributed by atoms with Crippen LogP contribution in [0.3, 0.4) is 0 Å². The number of pyridine rings is 1. The third-order valence-electron chi connectivity index (χ3n) is 4.77. The molecule has 0 aromatic carbocycles. The molecule has 0 radical (unpaired) electrons. The maximum Gasteiger partial charge on any atom is 0.228 e. The highest BCUT2D eigenvalue weighted by Gasteiger charge is 2.37. The zero-order valence-corrected chi connectivity index (χ0v) is 14.4. The fourth-order valence-electron chi connectivity index (χ4n) is 3.39. The summed E-state index contributed by atoms with van der Waals surface area (Å²) < 4.78 is 11.9. The summed E-state index contributed by atoms with van der Waals surface area (Å²) in [6, 6.07) is 5.55. The van der Waals surface area contributed by atoms with E-state index in [0.29, 0.717) is 11.6 Å². The molecule has 0 bridgehead atoms. The van der Waals surface area contributed by atoms with E-state index in [2.05, 4.69) is 25.2 Å². The molecule has 25 heavy (non-hydrogen) atoms. The van der Waals surface area contributed by atoms with Crippen LogP contribution in [0, 0.1) is 6.92 Å². The molecule has 2 fully saturated rings. The van der Waals surface area contributed by atoms with Crippen LogP contribution in [0.4, 0.5) is 5.95 Å². The second kappa shape index (κ2) is 6.93. The SMILES string of the molecule is Cc1cc(Oc2cccnc2)nc(N2CCC3(CC2)CNCCO3)n1. The summed E-state index contributed by atoms with van der Waals surface area (Å²) in [4.78, 5) is 15.5. The Hall–Kier alpha value is -2.25. The van der Waals surface area contributed by atoms with Crippen molar-refractivity contribution in [1.82, 2.24) is 20.3 Å². The smallest absolute Gasteiger partial charge is 0.228 e. The standard InChI is InChI=1S/C18H23N5O2/c1-14-11-16(25-15-3-2-6-19-12-15)22-17(21-14)23-8-4-18(5-9-23)13-20-7-10-24-18/h2-3,6,11-12,20H,4-5,7-10,13H2,1H3. The van der Waals surface area contributed by atoms with Crippen molar-refractivity contribution in [3.63, 3.8) is 0 Å². The van der Waals surface area contributed by atoms with Gasteiger partial charge in [0.1, 0.15) is 5.75 Å². The molecule has 2 aliphatic heterocycles. The first-order chi connectivity index (χ1) is 12.2. The Balaban J connectivity index is 1.47. The minimum atomic E-state index is -0.0202. The Morgan fingerprint density at radius 2 is 2.16 bits per heavy atom. The van der Waals surface area contributed by atoms with Crippen LogP contribution in [0.5, 0.6) is 11.6 Å². The van der Waals surface area contributed by atoms with Crippen molar-refractivity contribution in [3.8, 4) is 11.6 Å². The second-order valence-corrected chi connectivity index (χ2v) is 6.63. The molecule has 132 valence electrons. The molecule has 1 N–H and O–H groups in total. The first-order valence-electron chi connectivity index (χ1n) is 8.76. The Bertz CT molecular complexity index is 709. The molecule has 7 nitrogen and oxygen atoms in total. The largest absolute Gasteiger partial charge is 0.437 e. The lowest BCUT2D eigenvalue weighted by Crippen LogP contribution is -2.55. The predicted octanol–water partition coefficient (Wildman–Crippen LogP) is 1.93. The summed E-state index contributed by atoms with van der Waals surface area (Å²) in [5, 5.41) is 3.44. The Morgan fingerprint density at radius 1 is 1.28 bits per heavy atom. The van der Waals surface area contributed by atoms with Crippen molar-refractivity contribution in [3.05, 3.63) is 36.3 Å². The van der Waals surface area contributed by atoms with Gasteiger partial charge in [-0.15, -0.1) is 0 Å². The number of ether oxygens (including phenoxy) is 2. The number of rotatable bonds is 3. The maximum atomic E-state index is 6.06. The minimum Gasteiger partial charge on any atom is -0.437 e. The summed E-state index contributed by atoms with van der Waals surface area (Å²) >= 11 is 0. The van der Waals surface area contributed by atoms with Crippen molar-refractivity contribution >= 4 is 5.95 Å². The Kier molecular flexibility index (Phi) is 4.50. The number of hydrogen-bond acceptors (Lipinski definition) is 7. The Morgan fingerprint density at radius 3 is 2.88 bits per heavy atom. The van der Waals surface area contributed by atoms with Crippen LogP contribution in [0.25, 0.3) is 0 Å². The van der Waals surface area contributed by atoms with Gasteiger partial charge in [0, 0.05) is 44.1 Å². The van der Waals surface area contributed by atoms with Gasteiger partial charge in [-0.3, -0.25) is 4.98 Å². The molecule has 0 saturated carbocycles. The van der Waals surface area contributed by atoms with Gasteiger partial charge in [-0.2, -0.15) is 4.98 Å². The average Bonchev–Trinajstić information content (AvgIpc) is 2.63. The van der Waals surface area contributed by atoms with E-state index < -0.39 is 0 Å². The monoisotopic (exact) mass is 341 g/mol. The second-order valence-electron chi connectivity index (χ2n) is 6.63. The van der Waals surface area contributed by atoms with E-state index in [-0.39, 0.29) is 5.60 Å². The fraction of sp³-hybridized carbons (Fsp3) is 0.500. The van der Waals surface area contributed by atoms with Crippen molar-refractivity contribution in [2.24, 2.45) is 0 Å². The minimum absolute atomic E-state index is 0.0202. The van der Waals surface area contributed by atoms with Gasteiger partial charge in [-0.25, -0.2) is 4.98 Å². The first-order valence-corrected chi connectivity index (χ1v) is 8.76. The highest BCUT2D eigenvalue weighted by molar-refractivity contribution is 5.36. The summed E-state index contributed by atoms with van der Waals surface area (Å²) in [7, 11) is 0. The molecule has 0 unspecified atom stereocenters. The molecule has 1 spiro atoms.